The summed E-state index contributed by atoms with van der Waals surface area (Å²) in [5.41, 5.74) is 0. The Bertz CT molecular complexity index is 837. The van der Waals surface area contributed by atoms with Crippen molar-refractivity contribution in [2.24, 2.45) is 0 Å². The van der Waals surface area contributed by atoms with Gasteiger partial charge in [-0.15, -0.1) is 0 Å². The zero-order chi connectivity index (χ0) is 39.9. The lowest BCUT2D eigenvalue weighted by Crippen LogP contribution is -2.37. The molecule has 0 saturated carbocycles. The number of rotatable bonds is 44. The van der Waals surface area contributed by atoms with E-state index in [1.807, 2.05) is 21.1 Å². The molecule has 0 rings (SSSR count). The molecule has 0 radical (unpaired) electrons. The van der Waals surface area contributed by atoms with Gasteiger partial charge in [-0.1, -0.05) is 206 Å². The summed E-state index contributed by atoms with van der Waals surface area (Å²) in [5.74, 6) is -0.308. The van der Waals surface area contributed by atoms with Crippen molar-refractivity contribution in [1.82, 2.24) is 0 Å². The van der Waals surface area contributed by atoms with E-state index < -0.39 is 13.9 Å². The predicted octanol–water partition coefficient (Wildman–Crippen LogP) is 13.7. The van der Waals surface area contributed by atoms with Crippen LogP contribution in [-0.4, -0.2) is 75.6 Å². The Labute approximate surface area is 336 Å². The maximum absolute atomic E-state index is 12.7. The van der Waals surface area contributed by atoms with Gasteiger partial charge in [0.25, 0.3) is 0 Å². The van der Waals surface area contributed by atoms with E-state index in [0.29, 0.717) is 24.1 Å². The summed E-state index contributed by atoms with van der Waals surface area (Å²) in [7, 11) is 1.68. The molecule has 0 heterocycles. The first kappa shape index (κ1) is 53.5. The Hall–Kier alpha value is -0.500. The van der Waals surface area contributed by atoms with E-state index in [9.17, 15) is 14.3 Å². The zero-order valence-corrected chi connectivity index (χ0v) is 37.6. The molecule has 0 aromatic heterocycles. The first-order chi connectivity index (χ1) is 26.1. The molecular formula is C45H93NO7P+. The zero-order valence-electron chi connectivity index (χ0n) is 36.7. The number of quaternary nitrogens is 1. The first-order valence-electron chi connectivity index (χ1n) is 23.3. The normalized spacial score (nSPS) is 13.7. The molecule has 324 valence electrons. The quantitative estimate of drug-likeness (QED) is 0.0284. The minimum Gasteiger partial charge on any atom is -0.457 e. The van der Waals surface area contributed by atoms with Crippen LogP contribution in [0.25, 0.3) is 0 Å². The highest BCUT2D eigenvalue weighted by molar-refractivity contribution is 7.47. The fourth-order valence-corrected chi connectivity index (χ4v) is 7.53. The molecule has 0 aliphatic heterocycles. The smallest absolute Gasteiger partial charge is 0.457 e. The highest BCUT2D eigenvalue weighted by Gasteiger charge is 2.26. The van der Waals surface area contributed by atoms with Gasteiger partial charge < -0.3 is 18.9 Å². The number of unbranched alkanes of at least 4 members (excludes halogenated alkanes) is 30. The highest BCUT2D eigenvalue weighted by Crippen LogP contribution is 2.43. The molecule has 2 atom stereocenters. The summed E-state index contributed by atoms with van der Waals surface area (Å²) in [4.78, 5) is 22.9. The Morgan fingerprint density at radius 2 is 0.852 bits per heavy atom. The lowest BCUT2D eigenvalue weighted by Gasteiger charge is -2.24. The van der Waals surface area contributed by atoms with Crippen LogP contribution in [0.5, 0.6) is 0 Å². The minimum absolute atomic E-state index is 0.0936. The van der Waals surface area contributed by atoms with Gasteiger partial charge in [-0.3, -0.25) is 13.8 Å². The van der Waals surface area contributed by atoms with E-state index in [0.717, 1.165) is 32.1 Å². The topological polar surface area (TPSA) is 91.3 Å². The average Bonchev–Trinajstić information content (AvgIpc) is 3.12. The molecule has 54 heavy (non-hydrogen) atoms. The van der Waals surface area contributed by atoms with Crippen LogP contribution in [0.3, 0.4) is 0 Å². The number of ether oxygens (including phenoxy) is 2. The van der Waals surface area contributed by atoms with Crippen LogP contribution in [-0.2, 0) is 27.9 Å². The number of likely N-dealkylation sites (N-methyl/N-ethyl adjacent to an activating group) is 1. The van der Waals surface area contributed by atoms with Crippen molar-refractivity contribution in [1.29, 1.82) is 0 Å². The van der Waals surface area contributed by atoms with Gasteiger partial charge in [0, 0.05) is 13.0 Å². The number of esters is 1. The Morgan fingerprint density at radius 3 is 1.22 bits per heavy atom. The van der Waals surface area contributed by atoms with E-state index in [1.165, 1.54) is 173 Å². The Morgan fingerprint density at radius 1 is 0.500 bits per heavy atom. The number of carbonyl (C=O) groups excluding carboxylic acids is 1. The summed E-state index contributed by atoms with van der Waals surface area (Å²) in [6, 6.07) is 0. The molecule has 0 amide bonds. The third-order valence-electron chi connectivity index (χ3n) is 10.4. The molecule has 1 N–H and O–H groups in total. The van der Waals surface area contributed by atoms with Crippen molar-refractivity contribution in [3.8, 4) is 0 Å². The maximum Gasteiger partial charge on any atom is 0.472 e. The van der Waals surface area contributed by atoms with E-state index in [4.69, 9.17) is 18.5 Å². The number of carbonyl (C=O) groups is 1. The fourth-order valence-electron chi connectivity index (χ4n) is 6.79. The van der Waals surface area contributed by atoms with E-state index in [1.54, 1.807) is 0 Å². The van der Waals surface area contributed by atoms with Crippen LogP contribution in [0.2, 0.25) is 0 Å². The van der Waals surface area contributed by atoms with Gasteiger partial charge in [0.2, 0.25) is 0 Å². The summed E-state index contributed by atoms with van der Waals surface area (Å²) in [5, 5.41) is 0. The number of hydrogen-bond acceptors (Lipinski definition) is 6. The van der Waals surface area contributed by atoms with Gasteiger partial charge in [-0.05, 0) is 12.8 Å². The predicted molar refractivity (Wildman–Crippen MR) is 229 cm³/mol. The highest BCUT2D eigenvalue weighted by atomic mass is 31.2. The molecule has 0 spiro atoms. The molecule has 0 aromatic rings. The van der Waals surface area contributed by atoms with E-state index in [-0.39, 0.29) is 25.8 Å². The number of nitrogens with zero attached hydrogens (tertiary/aromatic N) is 1. The minimum atomic E-state index is -4.26. The third kappa shape index (κ3) is 42.6. The Kier molecular flexibility index (Phi) is 39.0. The van der Waals surface area contributed by atoms with Crippen LogP contribution in [0.15, 0.2) is 0 Å². The molecule has 0 fully saturated rings. The lowest BCUT2D eigenvalue weighted by atomic mass is 10.0. The van der Waals surface area contributed by atoms with Crippen molar-refractivity contribution in [2.45, 2.75) is 232 Å². The Balaban J connectivity index is 4.00. The number of phosphoric ester groups is 1. The van der Waals surface area contributed by atoms with Gasteiger partial charge in [-0.25, -0.2) is 4.57 Å². The summed E-state index contributed by atoms with van der Waals surface area (Å²) < 4.78 is 34.9. The first-order valence-corrected chi connectivity index (χ1v) is 24.8. The van der Waals surface area contributed by atoms with Gasteiger partial charge in [0.05, 0.1) is 34.4 Å². The summed E-state index contributed by atoms with van der Waals surface area (Å²) in [6.45, 7) is 5.66. The largest absolute Gasteiger partial charge is 0.472 e. The molecule has 0 bridgehead atoms. The maximum atomic E-state index is 12.7. The third-order valence-corrected chi connectivity index (χ3v) is 11.4. The van der Waals surface area contributed by atoms with Crippen LogP contribution < -0.4 is 0 Å². The molecule has 0 aliphatic rings. The monoisotopic (exact) mass is 791 g/mol. The standard InChI is InChI=1S/C45H92NO7P/c1-6-8-10-12-14-16-17-18-19-20-21-22-23-24-25-26-27-28-29-30-32-34-36-38-45(47)53-44(43-52-54(48,49)51-41-39-46(3,4)5)42-50-40-37-35-33-31-15-13-11-9-7-2/h44H,6-43H2,1-5H3/p+1. The van der Waals surface area contributed by atoms with Gasteiger partial charge in [-0.2, -0.15) is 0 Å². The summed E-state index contributed by atoms with van der Waals surface area (Å²) in [6.07, 6.45) is 41.5. The molecule has 8 nitrogen and oxygen atoms in total. The van der Waals surface area contributed by atoms with Crippen molar-refractivity contribution in [3.05, 3.63) is 0 Å². The summed E-state index contributed by atoms with van der Waals surface area (Å²) >= 11 is 0. The second-order valence-corrected chi connectivity index (χ2v) is 18.6. The molecule has 0 saturated heterocycles. The van der Waals surface area contributed by atoms with Crippen LogP contribution in [0.4, 0.5) is 0 Å². The van der Waals surface area contributed by atoms with Gasteiger partial charge in [0.15, 0.2) is 0 Å². The lowest BCUT2D eigenvalue weighted by molar-refractivity contribution is -0.870. The molecule has 0 aliphatic carbocycles. The second-order valence-electron chi connectivity index (χ2n) is 17.2. The van der Waals surface area contributed by atoms with Crippen molar-refractivity contribution in [2.75, 3.05) is 54.1 Å². The van der Waals surface area contributed by atoms with Gasteiger partial charge in [0.1, 0.15) is 19.3 Å². The molecular weight excluding hydrogens is 697 g/mol. The second kappa shape index (κ2) is 39.3. The number of phosphoric acid groups is 1. The fraction of sp³-hybridized carbons (Fsp3) is 0.978. The average molecular weight is 791 g/mol. The molecule has 2 unspecified atom stereocenters. The van der Waals surface area contributed by atoms with Gasteiger partial charge >= 0.3 is 13.8 Å². The SMILES string of the molecule is CCCCCCCCCCCCCCCCCCCCCCCCCC(=O)OC(COCCCCCCCCCCC)COP(=O)(O)OCC[N+](C)(C)C. The molecule has 9 heteroatoms. The van der Waals surface area contributed by atoms with E-state index in [2.05, 4.69) is 13.8 Å². The van der Waals surface area contributed by atoms with Crippen LogP contribution in [0.1, 0.15) is 226 Å². The molecule has 0 aromatic carbocycles. The van der Waals surface area contributed by atoms with E-state index >= 15 is 0 Å². The number of hydrogen-bond donors (Lipinski definition) is 1. The van der Waals surface area contributed by atoms with Crippen LogP contribution >= 0.6 is 7.82 Å². The van der Waals surface area contributed by atoms with Crippen molar-refractivity contribution in [3.63, 3.8) is 0 Å². The van der Waals surface area contributed by atoms with Crippen molar-refractivity contribution < 1.29 is 37.3 Å². The van der Waals surface area contributed by atoms with Crippen LogP contribution in [0, 0.1) is 0 Å². The van der Waals surface area contributed by atoms with Crippen molar-refractivity contribution >= 4 is 13.8 Å².